The SMILES string of the molecule is C=CCOC[C@@H](O)CN(CCCOC)Cc1ccsc1. The second-order valence-corrected chi connectivity index (χ2v) is 5.47. The molecule has 1 rings (SSSR count). The van der Waals surface area contributed by atoms with E-state index in [-0.39, 0.29) is 0 Å². The van der Waals surface area contributed by atoms with Gasteiger partial charge in [-0.05, 0) is 28.8 Å². The predicted molar refractivity (Wildman–Crippen MR) is 83.1 cm³/mol. The Hall–Kier alpha value is -0.720. The van der Waals surface area contributed by atoms with Crippen LogP contribution >= 0.6 is 11.3 Å². The molecule has 1 atom stereocenters. The first-order chi connectivity index (χ1) is 9.76. The minimum atomic E-state index is -0.476. The largest absolute Gasteiger partial charge is 0.389 e. The van der Waals surface area contributed by atoms with Gasteiger partial charge in [0.2, 0.25) is 0 Å². The van der Waals surface area contributed by atoms with Crippen molar-refractivity contribution in [2.75, 3.05) is 40.0 Å². The van der Waals surface area contributed by atoms with Crippen LogP contribution in [0.4, 0.5) is 0 Å². The third-order valence-electron chi connectivity index (χ3n) is 2.82. The molecular formula is C15H25NO3S. The molecule has 0 bridgehead atoms. The lowest BCUT2D eigenvalue weighted by Crippen LogP contribution is -2.35. The first-order valence-corrected chi connectivity index (χ1v) is 7.79. The van der Waals surface area contributed by atoms with Crippen molar-refractivity contribution >= 4 is 11.3 Å². The first kappa shape index (κ1) is 17.3. The summed E-state index contributed by atoms with van der Waals surface area (Å²) in [7, 11) is 1.71. The lowest BCUT2D eigenvalue weighted by Gasteiger charge is -2.24. The van der Waals surface area contributed by atoms with Crippen molar-refractivity contribution < 1.29 is 14.6 Å². The summed E-state index contributed by atoms with van der Waals surface area (Å²) in [5.74, 6) is 0. The summed E-state index contributed by atoms with van der Waals surface area (Å²) in [6.07, 6.45) is 2.17. The maximum atomic E-state index is 10.0. The Labute approximate surface area is 125 Å². The van der Waals surface area contributed by atoms with E-state index in [1.54, 1.807) is 24.5 Å². The van der Waals surface area contributed by atoms with Gasteiger partial charge in [0.05, 0.1) is 19.3 Å². The third kappa shape index (κ3) is 7.77. The maximum absolute atomic E-state index is 10.0. The van der Waals surface area contributed by atoms with Gasteiger partial charge in [-0.25, -0.2) is 0 Å². The number of ether oxygens (including phenoxy) is 2. The minimum Gasteiger partial charge on any atom is -0.389 e. The molecule has 0 aromatic carbocycles. The van der Waals surface area contributed by atoms with Crippen LogP contribution in [0.1, 0.15) is 12.0 Å². The van der Waals surface area contributed by atoms with Crippen molar-refractivity contribution in [3.05, 3.63) is 35.0 Å². The molecule has 5 heteroatoms. The number of hydrogen-bond donors (Lipinski definition) is 1. The standard InChI is InChI=1S/C15H25NO3S/c1-3-7-19-12-15(17)11-16(6-4-8-18-2)10-14-5-9-20-13-14/h3,5,9,13,15,17H,1,4,6-8,10-12H2,2H3/t15-/m0/s1. The molecule has 1 aromatic heterocycles. The van der Waals surface area contributed by atoms with E-state index in [2.05, 4.69) is 28.3 Å². The average molecular weight is 299 g/mol. The Kier molecular flexibility index (Phi) is 9.53. The Balaban J connectivity index is 2.37. The van der Waals surface area contributed by atoms with Crippen LogP contribution in [0.15, 0.2) is 29.5 Å². The zero-order chi connectivity index (χ0) is 14.6. The summed E-state index contributed by atoms with van der Waals surface area (Å²) in [5.41, 5.74) is 1.28. The van der Waals surface area contributed by atoms with Crippen molar-refractivity contribution in [1.82, 2.24) is 4.90 Å². The van der Waals surface area contributed by atoms with Crippen LogP contribution in [0.3, 0.4) is 0 Å². The van der Waals surface area contributed by atoms with Crippen LogP contribution in [-0.2, 0) is 16.0 Å². The Morgan fingerprint density at radius 1 is 1.55 bits per heavy atom. The van der Waals surface area contributed by atoms with Gasteiger partial charge < -0.3 is 14.6 Å². The van der Waals surface area contributed by atoms with E-state index in [1.807, 2.05) is 0 Å². The molecule has 0 aliphatic rings. The van der Waals surface area contributed by atoms with Crippen molar-refractivity contribution in [2.45, 2.75) is 19.1 Å². The molecule has 0 fully saturated rings. The number of aliphatic hydroxyl groups excluding tert-OH is 1. The summed E-state index contributed by atoms with van der Waals surface area (Å²) in [6.45, 7) is 7.51. The topological polar surface area (TPSA) is 41.9 Å². The van der Waals surface area contributed by atoms with Crippen LogP contribution in [0.25, 0.3) is 0 Å². The van der Waals surface area contributed by atoms with E-state index in [4.69, 9.17) is 9.47 Å². The van der Waals surface area contributed by atoms with Crippen LogP contribution in [0, 0.1) is 0 Å². The van der Waals surface area contributed by atoms with Gasteiger partial charge in [-0.3, -0.25) is 4.90 Å². The van der Waals surface area contributed by atoms with Crippen LogP contribution in [-0.4, -0.2) is 56.1 Å². The quantitative estimate of drug-likeness (QED) is 0.474. The van der Waals surface area contributed by atoms with E-state index in [1.165, 1.54) is 5.56 Å². The van der Waals surface area contributed by atoms with Crippen molar-refractivity contribution in [1.29, 1.82) is 0 Å². The van der Waals surface area contributed by atoms with E-state index in [0.717, 1.165) is 26.1 Å². The molecule has 0 amide bonds. The Morgan fingerprint density at radius 3 is 3.05 bits per heavy atom. The first-order valence-electron chi connectivity index (χ1n) is 6.85. The summed E-state index contributed by atoms with van der Waals surface area (Å²) >= 11 is 1.70. The third-order valence-corrected chi connectivity index (χ3v) is 3.56. The predicted octanol–water partition coefficient (Wildman–Crippen LogP) is 2.15. The Bertz CT molecular complexity index is 343. The smallest absolute Gasteiger partial charge is 0.0900 e. The molecule has 1 N–H and O–H groups in total. The fraction of sp³-hybridized carbons (Fsp3) is 0.600. The monoisotopic (exact) mass is 299 g/mol. The van der Waals surface area contributed by atoms with Crippen molar-refractivity contribution in [3.8, 4) is 0 Å². The van der Waals surface area contributed by atoms with Crippen molar-refractivity contribution in [2.24, 2.45) is 0 Å². The molecule has 1 heterocycles. The molecule has 0 aliphatic carbocycles. The van der Waals surface area contributed by atoms with E-state index in [9.17, 15) is 5.11 Å². The average Bonchev–Trinajstić information content (AvgIpc) is 2.92. The van der Waals surface area contributed by atoms with Gasteiger partial charge >= 0.3 is 0 Å². The zero-order valence-electron chi connectivity index (χ0n) is 12.2. The summed E-state index contributed by atoms with van der Waals surface area (Å²) < 4.78 is 10.4. The van der Waals surface area contributed by atoms with Gasteiger partial charge in [-0.2, -0.15) is 11.3 Å². The second-order valence-electron chi connectivity index (χ2n) is 4.69. The molecule has 1 aromatic rings. The van der Waals surface area contributed by atoms with Crippen molar-refractivity contribution in [3.63, 3.8) is 0 Å². The molecule has 0 spiro atoms. The Morgan fingerprint density at radius 2 is 2.40 bits per heavy atom. The lowest BCUT2D eigenvalue weighted by molar-refractivity contribution is 0.0230. The molecule has 0 saturated heterocycles. The molecular weight excluding hydrogens is 274 g/mol. The molecule has 114 valence electrons. The normalized spacial score (nSPS) is 12.8. The molecule has 0 aliphatic heterocycles. The van der Waals surface area contributed by atoms with Gasteiger partial charge in [0.15, 0.2) is 0 Å². The number of hydrogen-bond acceptors (Lipinski definition) is 5. The molecule has 0 unspecified atom stereocenters. The van der Waals surface area contributed by atoms with Gasteiger partial charge in [-0.15, -0.1) is 6.58 Å². The van der Waals surface area contributed by atoms with Gasteiger partial charge in [0, 0.05) is 33.4 Å². The zero-order valence-corrected chi connectivity index (χ0v) is 13.0. The minimum absolute atomic E-state index is 0.344. The van der Waals surface area contributed by atoms with Crippen LogP contribution in [0.2, 0.25) is 0 Å². The lowest BCUT2D eigenvalue weighted by atomic mass is 10.2. The summed E-state index contributed by atoms with van der Waals surface area (Å²) in [4.78, 5) is 2.24. The van der Waals surface area contributed by atoms with Gasteiger partial charge in [0.25, 0.3) is 0 Å². The number of rotatable bonds is 12. The number of thiophene rings is 1. The maximum Gasteiger partial charge on any atom is 0.0900 e. The van der Waals surface area contributed by atoms with E-state index < -0.39 is 6.10 Å². The fourth-order valence-electron chi connectivity index (χ4n) is 1.95. The highest BCUT2D eigenvalue weighted by Crippen LogP contribution is 2.10. The molecule has 20 heavy (non-hydrogen) atoms. The number of methoxy groups -OCH3 is 1. The highest BCUT2D eigenvalue weighted by Gasteiger charge is 2.12. The summed E-state index contributed by atoms with van der Waals surface area (Å²) in [5, 5.41) is 14.2. The van der Waals surface area contributed by atoms with Gasteiger partial charge in [-0.1, -0.05) is 6.08 Å². The number of aliphatic hydroxyl groups is 1. The summed E-state index contributed by atoms with van der Waals surface area (Å²) in [6, 6.07) is 2.12. The number of nitrogens with zero attached hydrogens (tertiary/aromatic N) is 1. The molecule has 0 radical (unpaired) electrons. The highest BCUT2D eigenvalue weighted by molar-refractivity contribution is 7.07. The van der Waals surface area contributed by atoms with Gasteiger partial charge in [0.1, 0.15) is 0 Å². The highest BCUT2D eigenvalue weighted by atomic mass is 32.1. The molecule has 4 nitrogen and oxygen atoms in total. The second kappa shape index (κ2) is 11.0. The van der Waals surface area contributed by atoms with E-state index in [0.29, 0.717) is 19.8 Å². The van der Waals surface area contributed by atoms with Crippen LogP contribution < -0.4 is 0 Å². The fourth-order valence-corrected chi connectivity index (χ4v) is 2.61. The van der Waals surface area contributed by atoms with E-state index >= 15 is 0 Å². The molecule has 0 saturated carbocycles. The van der Waals surface area contributed by atoms with Crippen LogP contribution in [0.5, 0.6) is 0 Å².